The van der Waals surface area contributed by atoms with E-state index in [0.717, 1.165) is 0 Å². The third-order valence-electron chi connectivity index (χ3n) is 5.10. The van der Waals surface area contributed by atoms with Crippen LogP contribution in [0.1, 0.15) is 5.56 Å². The Morgan fingerprint density at radius 2 is 0.692 bits per heavy atom. The Hall–Kier alpha value is -2.69. The summed E-state index contributed by atoms with van der Waals surface area (Å²) in [6.07, 6.45) is 0. The molecule has 0 saturated carbocycles. The third kappa shape index (κ3) is 2.87. The summed E-state index contributed by atoms with van der Waals surface area (Å²) < 4.78 is 0. The van der Waals surface area contributed by atoms with Gasteiger partial charge >= 0.3 is 156 Å². The molecule has 0 aliphatic heterocycles. The number of rotatable bonds is 4. The second-order valence-electron chi connectivity index (χ2n) is 6.71. The maximum absolute atomic E-state index is 2.33. The molecule has 0 nitrogen and oxygen atoms in total. The van der Waals surface area contributed by atoms with Crippen molar-refractivity contribution in [2.45, 2.75) is 6.92 Å². The van der Waals surface area contributed by atoms with Gasteiger partial charge in [-0.15, -0.1) is 0 Å². The van der Waals surface area contributed by atoms with Crippen molar-refractivity contribution < 1.29 is 0 Å². The van der Waals surface area contributed by atoms with Gasteiger partial charge in [-0.2, -0.15) is 0 Å². The minimum absolute atomic E-state index is 1.30. The van der Waals surface area contributed by atoms with Crippen molar-refractivity contribution in [3.63, 3.8) is 0 Å². The molecule has 0 atom stereocenters. The summed E-state index contributed by atoms with van der Waals surface area (Å²) in [5, 5.41) is 5.68. The number of hydrogen-bond donors (Lipinski definition) is 0. The molecule has 26 heavy (non-hydrogen) atoms. The standard InChI is InChI=1S/C25H23P/c1-21-17-19-25(20-18-21)26(22-11-5-2-6-12-22,23-13-7-3-8-14-23)24-15-9-4-10-16-24/h2-20,26H,1H3. The van der Waals surface area contributed by atoms with Gasteiger partial charge in [0.05, 0.1) is 0 Å². The van der Waals surface area contributed by atoms with E-state index in [1.165, 1.54) is 26.8 Å². The molecule has 4 rings (SSSR count). The van der Waals surface area contributed by atoms with Gasteiger partial charge in [0.25, 0.3) is 0 Å². The van der Waals surface area contributed by atoms with Gasteiger partial charge < -0.3 is 0 Å². The molecular weight excluding hydrogens is 331 g/mol. The van der Waals surface area contributed by atoms with Crippen LogP contribution in [0.3, 0.4) is 0 Å². The van der Waals surface area contributed by atoms with Crippen LogP contribution >= 0.6 is 7.26 Å². The fourth-order valence-electron chi connectivity index (χ4n) is 3.87. The van der Waals surface area contributed by atoms with Crippen molar-refractivity contribution in [3.05, 3.63) is 121 Å². The second-order valence-corrected chi connectivity index (χ2v) is 10.5. The molecule has 0 saturated heterocycles. The molecule has 0 aliphatic carbocycles. The summed E-state index contributed by atoms with van der Waals surface area (Å²) in [5.41, 5.74) is 1.30. The van der Waals surface area contributed by atoms with E-state index in [1.54, 1.807) is 0 Å². The quantitative estimate of drug-likeness (QED) is 0.478. The van der Waals surface area contributed by atoms with E-state index >= 15 is 0 Å². The van der Waals surface area contributed by atoms with Gasteiger partial charge in [-0.3, -0.25) is 0 Å². The molecule has 1 heteroatoms. The monoisotopic (exact) mass is 354 g/mol. The van der Waals surface area contributed by atoms with E-state index in [9.17, 15) is 0 Å². The molecule has 0 fully saturated rings. The fraction of sp³-hybridized carbons (Fsp3) is 0.0400. The normalized spacial score (nSPS) is 11.9. The van der Waals surface area contributed by atoms with Crippen molar-refractivity contribution in [2.24, 2.45) is 0 Å². The first kappa shape index (κ1) is 16.8. The van der Waals surface area contributed by atoms with Gasteiger partial charge in [0.2, 0.25) is 0 Å². The van der Waals surface area contributed by atoms with Crippen LogP contribution in [-0.2, 0) is 0 Å². The predicted molar refractivity (Wildman–Crippen MR) is 117 cm³/mol. The molecule has 0 heterocycles. The van der Waals surface area contributed by atoms with E-state index in [4.69, 9.17) is 0 Å². The van der Waals surface area contributed by atoms with E-state index in [1.807, 2.05) is 0 Å². The minimum atomic E-state index is -2.32. The van der Waals surface area contributed by atoms with Crippen LogP contribution in [0.25, 0.3) is 0 Å². The predicted octanol–water partition coefficient (Wildman–Crippen LogP) is 4.35. The summed E-state index contributed by atoms with van der Waals surface area (Å²) in [5.74, 6) is 0. The second kappa shape index (κ2) is 7.28. The Balaban J connectivity index is 2.12. The zero-order valence-corrected chi connectivity index (χ0v) is 16.0. The zero-order valence-electron chi connectivity index (χ0n) is 15.0. The average Bonchev–Trinajstić information content (AvgIpc) is 2.72. The fourth-order valence-corrected chi connectivity index (χ4v) is 8.61. The van der Waals surface area contributed by atoms with Crippen molar-refractivity contribution in [1.82, 2.24) is 0 Å². The van der Waals surface area contributed by atoms with Crippen molar-refractivity contribution >= 4 is 28.5 Å². The SMILES string of the molecule is Cc1ccc([PH](c2ccccc2)(c2ccccc2)c2ccccc2)cc1. The van der Waals surface area contributed by atoms with Crippen molar-refractivity contribution in [1.29, 1.82) is 0 Å². The van der Waals surface area contributed by atoms with Crippen LogP contribution in [-0.4, -0.2) is 0 Å². The molecule has 4 aromatic carbocycles. The van der Waals surface area contributed by atoms with Gasteiger partial charge in [-0.25, -0.2) is 0 Å². The van der Waals surface area contributed by atoms with E-state index in [0.29, 0.717) is 0 Å². The molecule has 0 bridgehead atoms. The van der Waals surface area contributed by atoms with Crippen LogP contribution in [0.5, 0.6) is 0 Å². The van der Waals surface area contributed by atoms with Gasteiger partial charge in [0.1, 0.15) is 0 Å². The van der Waals surface area contributed by atoms with Gasteiger partial charge in [-0.05, 0) is 0 Å². The average molecular weight is 354 g/mol. The van der Waals surface area contributed by atoms with E-state index in [-0.39, 0.29) is 0 Å². The molecular formula is C25H23P. The molecule has 0 radical (unpaired) electrons. The van der Waals surface area contributed by atoms with Crippen molar-refractivity contribution in [2.75, 3.05) is 0 Å². The summed E-state index contributed by atoms with van der Waals surface area (Å²) in [4.78, 5) is 0. The van der Waals surface area contributed by atoms with E-state index in [2.05, 4.69) is 122 Å². The van der Waals surface area contributed by atoms with Crippen LogP contribution in [0.4, 0.5) is 0 Å². The van der Waals surface area contributed by atoms with Gasteiger partial charge in [-0.1, -0.05) is 0 Å². The number of aryl methyl sites for hydroxylation is 1. The molecule has 0 N–H and O–H groups in total. The first-order valence-electron chi connectivity index (χ1n) is 9.05. The Kier molecular flexibility index (Phi) is 4.69. The summed E-state index contributed by atoms with van der Waals surface area (Å²) in [7, 11) is -2.32. The van der Waals surface area contributed by atoms with E-state index < -0.39 is 7.26 Å². The van der Waals surface area contributed by atoms with Gasteiger partial charge in [0.15, 0.2) is 0 Å². The molecule has 0 aromatic heterocycles. The Labute approximate surface area is 156 Å². The maximum atomic E-state index is 2.33. The molecule has 0 aliphatic rings. The Morgan fingerprint density at radius 1 is 0.385 bits per heavy atom. The summed E-state index contributed by atoms with van der Waals surface area (Å²) >= 11 is 0. The topological polar surface area (TPSA) is 0 Å². The third-order valence-corrected chi connectivity index (χ3v) is 9.90. The van der Waals surface area contributed by atoms with Gasteiger partial charge in [0, 0.05) is 0 Å². The first-order chi connectivity index (χ1) is 12.8. The van der Waals surface area contributed by atoms with Crippen LogP contribution in [0, 0.1) is 6.92 Å². The van der Waals surface area contributed by atoms with Crippen molar-refractivity contribution in [3.8, 4) is 0 Å². The summed E-state index contributed by atoms with van der Waals surface area (Å²) in [6, 6.07) is 42.2. The summed E-state index contributed by atoms with van der Waals surface area (Å²) in [6.45, 7) is 2.15. The molecule has 0 amide bonds. The molecule has 0 spiro atoms. The molecule has 0 unspecified atom stereocenters. The van der Waals surface area contributed by atoms with Crippen LogP contribution in [0.2, 0.25) is 0 Å². The number of hydrogen-bond acceptors (Lipinski definition) is 0. The molecule has 4 aromatic rings. The van der Waals surface area contributed by atoms with Crippen LogP contribution < -0.4 is 21.2 Å². The first-order valence-corrected chi connectivity index (χ1v) is 11.1. The van der Waals surface area contributed by atoms with Crippen LogP contribution in [0.15, 0.2) is 115 Å². The zero-order chi connectivity index (χ0) is 17.8. The molecule has 128 valence electrons. The Bertz CT molecular complexity index is 862. The Morgan fingerprint density at radius 3 is 1.04 bits per heavy atom. The number of benzene rings is 4.